The number of benzene rings is 1. The third-order valence-electron chi connectivity index (χ3n) is 3.64. The molecule has 2 aromatic rings. The van der Waals surface area contributed by atoms with Gasteiger partial charge in [-0.25, -0.2) is 5.43 Å². The summed E-state index contributed by atoms with van der Waals surface area (Å²) in [6.45, 7) is 2.07. The molecule has 0 aliphatic carbocycles. The van der Waals surface area contributed by atoms with E-state index in [9.17, 15) is 14.7 Å². The van der Waals surface area contributed by atoms with Crippen molar-refractivity contribution in [3.8, 4) is 11.5 Å². The number of amides is 2. The van der Waals surface area contributed by atoms with Gasteiger partial charge in [-0.3, -0.25) is 9.59 Å². The molecule has 28 heavy (non-hydrogen) atoms. The fourth-order valence-corrected chi connectivity index (χ4v) is 2.98. The number of ether oxygens (including phenoxy) is 1. The van der Waals surface area contributed by atoms with Crippen LogP contribution in [0.4, 0.5) is 5.13 Å². The van der Waals surface area contributed by atoms with Gasteiger partial charge in [-0.05, 0) is 30.2 Å². The van der Waals surface area contributed by atoms with Crippen molar-refractivity contribution in [2.75, 3.05) is 12.4 Å². The maximum Gasteiger partial charge on any atom is 0.247 e. The molecule has 2 amide bonds. The predicted octanol–water partition coefficient (Wildman–Crippen LogP) is 2.46. The summed E-state index contributed by atoms with van der Waals surface area (Å²) in [4.78, 5) is 23.7. The second-order valence-electron chi connectivity index (χ2n) is 5.91. The van der Waals surface area contributed by atoms with Crippen molar-refractivity contribution in [1.82, 2.24) is 15.6 Å². The van der Waals surface area contributed by atoms with Crippen molar-refractivity contribution < 1.29 is 19.4 Å². The van der Waals surface area contributed by atoms with Crippen LogP contribution < -0.4 is 15.5 Å². The first-order valence-corrected chi connectivity index (χ1v) is 9.64. The summed E-state index contributed by atoms with van der Waals surface area (Å²) in [6.07, 6.45) is 4.77. The zero-order valence-electron chi connectivity index (χ0n) is 15.8. The summed E-state index contributed by atoms with van der Waals surface area (Å²) >= 11 is 1.15. The molecular formula is C18H23N5O4S. The highest BCUT2D eigenvalue weighted by molar-refractivity contribution is 7.15. The fourth-order valence-electron chi connectivity index (χ4n) is 2.22. The minimum atomic E-state index is -0.362. The molecular weight excluding hydrogens is 382 g/mol. The number of hydrogen-bond acceptors (Lipinski definition) is 8. The van der Waals surface area contributed by atoms with Crippen LogP contribution in [0.5, 0.6) is 11.5 Å². The Morgan fingerprint density at radius 2 is 2.11 bits per heavy atom. The number of hydrogen-bond donors (Lipinski definition) is 3. The Labute approximate surface area is 166 Å². The van der Waals surface area contributed by atoms with E-state index in [0.717, 1.165) is 30.6 Å². The number of carbonyl (C=O) groups excluding carboxylic acids is 2. The molecule has 0 atom stereocenters. The normalized spacial score (nSPS) is 10.8. The first-order valence-electron chi connectivity index (χ1n) is 8.83. The van der Waals surface area contributed by atoms with Gasteiger partial charge < -0.3 is 15.2 Å². The number of rotatable bonds is 10. The average molecular weight is 405 g/mol. The highest BCUT2D eigenvalue weighted by Gasteiger charge is 2.11. The van der Waals surface area contributed by atoms with Crippen molar-refractivity contribution in [2.24, 2.45) is 5.10 Å². The lowest BCUT2D eigenvalue weighted by Gasteiger charge is -2.03. The van der Waals surface area contributed by atoms with E-state index in [1.54, 1.807) is 12.1 Å². The molecule has 1 aromatic carbocycles. The SMILES string of the molecule is CCCCCC(=O)Nc1nnc(CC(=O)N/N=C\c2ccc(O)c(OC)c2)s1. The number of nitrogens with zero attached hydrogens (tertiary/aromatic N) is 3. The van der Waals surface area contributed by atoms with Crippen molar-refractivity contribution >= 4 is 34.5 Å². The highest BCUT2D eigenvalue weighted by Crippen LogP contribution is 2.25. The molecule has 0 aliphatic heterocycles. The Morgan fingerprint density at radius 3 is 2.86 bits per heavy atom. The molecule has 150 valence electrons. The van der Waals surface area contributed by atoms with Crippen molar-refractivity contribution in [3.05, 3.63) is 28.8 Å². The molecule has 3 N–H and O–H groups in total. The van der Waals surface area contributed by atoms with Gasteiger partial charge >= 0.3 is 0 Å². The fraction of sp³-hybridized carbons (Fsp3) is 0.389. The number of aromatic nitrogens is 2. The summed E-state index contributed by atoms with van der Waals surface area (Å²) in [5.41, 5.74) is 3.05. The molecule has 0 saturated heterocycles. The molecule has 2 rings (SSSR count). The number of hydrazone groups is 1. The summed E-state index contributed by atoms with van der Waals surface area (Å²) in [5, 5.41) is 24.7. The molecule has 0 aliphatic rings. The number of unbranched alkanes of at least 4 members (excludes halogenated alkanes) is 2. The standard InChI is InChI=1S/C18H23N5O4S/c1-3-4-5-6-15(25)20-18-23-22-17(28-18)10-16(26)21-19-11-12-7-8-13(24)14(9-12)27-2/h7-9,11,24H,3-6,10H2,1-2H3,(H,21,26)(H,20,23,25)/b19-11-. The highest BCUT2D eigenvalue weighted by atomic mass is 32.1. The Bertz CT molecular complexity index is 837. The summed E-state index contributed by atoms with van der Waals surface area (Å²) in [6, 6.07) is 4.69. The smallest absolute Gasteiger partial charge is 0.247 e. The van der Waals surface area contributed by atoms with E-state index in [0.29, 0.717) is 27.9 Å². The van der Waals surface area contributed by atoms with Gasteiger partial charge in [0.05, 0.1) is 19.7 Å². The van der Waals surface area contributed by atoms with E-state index in [-0.39, 0.29) is 24.0 Å². The molecule has 0 fully saturated rings. The third-order valence-corrected chi connectivity index (χ3v) is 4.48. The van der Waals surface area contributed by atoms with Gasteiger partial charge in [0.1, 0.15) is 5.01 Å². The van der Waals surface area contributed by atoms with Crippen LogP contribution in [0.15, 0.2) is 23.3 Å². The molecule has 10 heteroatoms. The Morgan fingerprint density at radius 1 is 1.29 bits per heavy atom. The molecule has 0 spiro atoms. The van der Waals surface area contributed by atoms with E-state index < -0.39 is 0 Å². The third kappa shape index (κ3) is 6.95. The molecule has 1 heterocycles. The van der Waals surface area contributed by atoms with Crippen LogP contribution in [-0.2, 0) is 16.0 Å². The van der Waals surface area contributed by atoms with Crippen LogP contribution in [0.2, 0.25) is 0 Å². The zero-order valence-corrected chi connectivity index (χ0v) is 16.6. The van der Waals surface area contributed by atoms with Crippen LogP contribution in [0, 0.1) is 0 Å². The van der Waals surface area contributed by atoms with Crippen molar-refractivity contribution in [2.45, 2.75) is 39.0 Å². The van der Waals surface area contributed by atoms with E-state index in [4.69, 9.17) is 4.74 Å². The summed E-state index contributed by atoms with van der Waals surface area (Å²) in [7, 11) is 1.45. The molecule has 0 unspecified atom stereocenters. The Hall–Kier alpha value is -3.01. The lowest BCUT2D eigenvalue weighted by atomic mass is 10.2. The first-order chi connectivity index (χ1) is 13.5. The van der Waals surface area contributed by atoms with Crippen molar-refractivity contribution in [3.63, 3.8) is 0 Å². The number of carbonyl (C=O) groups is 2. The maximum atomic E-state index is 11.9. The monoisotopic (exact) mass is 405 g/mol. The zero-order chi connectivity index (χ0) is 20.4. The number of phenols is 1. The Balaban J connectivity index is 1.80. The maximum absolute atomic E-state index is 11.9. The number of phenolic OH excluding ortho intramolecular Hbond substituents is 1. The largest absolute Gasteiger partial charge is 0.504 e. The van der Waals surface area contributed by atoms with Gasteiger partial charge in [0.25, 0.3) is 0 Å². The van der Waals surface area contributed by atoms with Gasteiger partial charge in [0, 0.05) is 6.42 Å². The van der Waals surface area contributed by atoms with Crippen LogP contribution in [0.1, 0.15) is 43.2 Å². The van der Waals surface area contributed by atoms with E-state index in [1.165, 1.54) is 19.4 Å². The van der Waals surface area contributed by atoms with Crippen LogP contribution in [0.25, 0.3) is 0 Å². The van der Waals surface area contributed by atoms with E-state index in [2.05, 4.69) is 33.0 Å². The van der Waals surface area contributed by atoms with Gasteiger partial charge in [-0.2, -0.15) is 5.10 Å². The summed E-state index contributed by atoms with van der Waals surface area (Å²) < 4.78 is 5.01. The number of nitrogens with one attached hydrogen (secondary N) is 2. The average Bonchev–Trinajstić information content (AvgIpc) is 3.09. The van der Waals surface area contributed by atoms with Crippen LogP contribution >= 0.6 is 11.3 Å². The molecule has 0 saturated carbocycles. The second kappa shape index (κ2) is 11.0. The predicted molar refractivity (Wildman–Crippen MR) is 107 cm³/mol. The van der Waals surface area contributed by atoms with E-state index in [1.807, 2.05) is 0 Å². The van der Waals surface area contributed by atoms with E-state index >= 15 is 0 Å². The van der Waals surface area contributed by atoms with Crippen LogP contribution in [-0.4, -0.2) is 40.4 Å². The molecule has 0 bridgehead atoms. The minimum Gasteiger partial charge on any atom is -0.504 e. The molecule has 1 aromatic heterocycles. The van der Waals surface area contributed by atoms with Gasteiger partial charge in [-0.1, -0.05) is 31.1 Å². The first kappa shape index (κ1) is 21.3. The quantitative estimate of drug-likeness (QED) is 0.317. The molecule has 9 nitrogen and oxygen atoms in total. The summed E-state index contributed by atoms with van der Waals surface area (Å²) in [5.74, 6) is -0.130. The van der Waals surface area contributed by atoms with Gasteiger partial charge in [-0.15, -0.1) is 10.2 Å². The number of anilines is 1. The Kier molecular flexibility index (Phi) is 8.35. The second-order valence-corrected chi connectivity index (χ2v) is 6.97. The van der Waals surface area contributed by atoms with Gasteiger partial charge in [0.2, 0.25) is 16.9 Å². The number of aromatic hydroxyl groups is 1. The minimum absolute atomic E-state index is 0.000386. The number of methoxy groups -OCH3 is 1. The lowest BCUT2D eigenvalue weighted by Crippen LogP contribution is -2.19. The topological polar surface area (TPSA) is 126 Å². The van der Waals surface area contributed by atoms with Crippen molar-refractivity contribution in [1.29, 1.82) is 0 Å². The molecule has 0 radical (unpaired) electrons. The lowest BCUT2D eigenvalue weighted by molar-refractivity contribution is -0.120. The van der Waals surface area contributed by atoms with Gasteiger partial charge in [0.15, 0.2) is 11.5 Å². The van der Waals surface area contributed by atoms with Crippen LogP contribution in [0.3, 0.4) is 0 Å².